The third-order valence-electron chi connectivity index (χ3n) is 2.85. The topological polar surface area (TPSA) is 74.6 Å². The minimum atomic E-state index is -4.73. The highest BCUT2D eigenvalue weighted by Gasteiger charge is 2.31. The lowest BCUT2D eigenvalue weighted by Gasteiger charge is -2.09. The summed E-state index contributed by atoms with van der Waals surface area (Å²) < 4.78 is 40.8. The number of halogens is 3. The summed E-state index contributed by atoms with van der Waals surface area (Å²) >= 11 is 1.29. The number of ether oxygens (including phenoxy) is 1. The third kappa shape index (κ3) is 3.32. The van der Waals surface area contributed by atoms with E-state index in [4.69, 9.17) is 5.26 Å². The van der Waals surface area contributed by atoms with Crippen molar-refractivity contribution in [3.63, 3.8) is 0 Å². The summed E-state index contributed by atoms with van der Waals surface area (Å²) in [6.07, 6.45) is -4.73. The number of nitrogens with one attached hydrogen (secondary N) is 1. The first-order chi connectivity index (χ1) is 11.0. The van der Waals surface area contributed by atoms with Crippen LogP contribution in [-0.4, -0.2) is 21.8 Å². The third-order valence-corrected chi connectivity index (χ3v) is 3.99. The van der Waals surface area contributed by atoms with Gasteiger partial charge in [0.2, 0.25) is 0 Å². The van der Waals surface area contributed by atoms with Crippen LogP contribution in [-0.2, 0) is 0 Å². The van der Waals surface area contributed by atoms with Crippen LogP contribution < -0.4 is 4.74 Å². The van der Waals surface area contributed by atoms with Gasteiger partial charge in [-0.2, -0.15) is 15.6 Å². The highest BCUT2D eigenvalue weighted by atomic mass is 32.1. The molecule has 1 N–H and O–H groups in total. The molecule has 0 saturated carbocycles. The van der Waals surface area contributed by atoms with Crippen LogP contribution in [0.3, 0.4) is 0 Å². The molecule has 0 saturated heterocycles. The SMILES string of the molecule is N#Cc1n[nH]nc1-c1ccc(-c2cccc(OC(F)(F)F)c2)s1. The number of H-pyrrole nitrogens is 1. The number of benzene rings is 1. The Hall–Kier alpha value is -2.86. The first-order valence-corrected chi connectivity index (χ1v) is 7.05. The second-order valence-corrected chi connectivity index (χ2v) is 5.46. The Morgan fingerprint density at radius 2 is 1.91 bits per heavy atom. The molecule has 0 amide bonds. The minimum absolute atomic E-state index is 0.160. The maximum Gasteiger partial charge on any atom is 0.573 e. The van der Waals surface area contributed by atoms with Crippen LogP contribution in [0, 0.1) is 11.3 Å². The summed E-state index contributed by atoms with van der Waals surface area (Å²) in [4.78, 5) is 1.41. The molecule has 0 fully saturated rings. The van der Waals surface area contributed by atoms with Gasteiger partial charge in [-0.25, -0.2) is 0 Å². The second kappa shape index (κ2) is 5.73. The number of alkyl halides is 3. The smallest absolute Gasteiger partial charge is 0.406 e. The van der Waals surface area contributed by atoms with Gasteiger partial charge < -0.3 is 4.74 Å². The van der Waals surface area contributed by atoms with Gasteiger partial charge in [0.05, 0.1) is 4.88 Å². The van der Waals surface area contributed by atoms with Crippen molar-refractivity contribution in [3.05, 3.63) is 42.1 Å². The van der Waals surface area contributed by atoms with Crippen molar-refractivity contribution in [2.24, 2.45) is 0 Å². The molecule has 3 rings (SSSR count). The normalized spacial score (nSPS) is 11.2. The molecule has 0 aliphatic carbocycles. The Balaban J connectivity index is 1.92. The van der Waals surface area contributed by atoms with E-state index in [2.05, 4.69) is 20.1 Å². The minimum Gasteiger partial charge on any atom is -0.406 e. The van der Waals surface area contributed by atoms with Gasteiger partial charge in [-0.05, 0) is 29.8 Å². The number of aromatic amines is 1. The van der Waals surface area contributed by atoms with E-state index in [-0.39, 0.29) is 11.4 Å². The van der Waals surface area contributed by atoms with Crippen LogP contribution in [0.1, 0.15) is 5.69 Å². The zero-order valence-electron chi connectivity index (χ0n) is 11.3. The number of hydrogen-bond donors (Lipinski definition) is 1. The van der Waals surface area contributed by atoms with Crippen LogP contribution >= 0.6 is 11.3 Å². The van der Waals surface area contributed by atoms with Gasteiger partial charge >= 0.3 is 6.36 Å². The Bertz CT molecular complexity index is 879. The highest BCUT2D eigenvalue weighted by molar-refractivity contribution is 7.18. The van der Waals surface area contributed by atoms with E-state index in [0.29, 0.717) is 16.1 Å². The van der Waals surface area contributed by atoms with Gasteiger partial charge in [-0.1, -0.05) is 12.1 Å². The van der Waals surface area contributed by atoms with E-state index < -0.39 is 6.36 Å². The van der Waals surface area contributed by atoms with E-state index in [9.17, 15) is 13.2 Å². The number of rotatable bonds is 3. The Morgan fingerprint density at radius 3 is 2.65 bits per heavy atom. The van der Waals surface area contributed by atoms with Crippen LogP contribution in [0.4, 0.5) is 13.2 Å². The molecule has 0 aliphatic heterocycles. The summed E-state index contributed by atoms with van der Waals surface area (Å²) in [6.45, 7) is 0. The molecular weight excluding hydrogens is 329 g/mol. The molecule has 116 valence electrons. The van der Waals surface area contributed by atoms with Crippen molar-refractivity contribution in [1.82, 2.24) is 15.4 Å². The lowest BCUT2D eigenvalue weighted by Crippen LogP contribution is -2.17. The van der Waals surface area contributed by atoms with Gasteiger partial charge in [0.25, 0.3) is 0 Å². The van der Waals surface area contributed by atoms with E-state index in [0.717, 1.165) is 4.88 Å². The van der Waals surface area contributed by atoms with Crippen molar-refractivity contribution in [1.29, 1.82) is 5.26 Å². The van der Waals surface area contributed by atoms with Crippen LogP contribution in [0.25, 0.3) is 21.0 Å². The molecule has 5 nitrogen and oxygen atoms in total. The molecule has 0 spiro atoms. The second-order valence-electron chi connectivity index (χ2n) is 4.37. The summed E-state index contributed by atoms with van der Waals surface area (Å²) in [5, 5.41) is 18.9. The standard InChI is InChI=1S/C14H7F3N4OS/c15-14(16,17)22-9-3-1-2-8(6-9)11-4-5-12(23-11)13-10(7-18)19-21-20-13/h1-6H,(H,19,20,21). The predicted molar refractivity (Wildman–Crippen MR) is 76.5 cm³/mol. The van der Waals surface area contributed by atoms with Gasteiger partial charge in [0.15, 0.2) is 5.69 Å². The maximum atomic E-state index is 12.3. The fourth-order valence-corrected chi connectivity index (χ4v) is 2.94. The van der Waals surface area contributed by atoms with Crippen molar-refractivity contribution < 1.29 is 17.9 Å². The highest BCUT2D eigenvalue weighted by Crippen LogP contribution is 2.36. The molecule has 9 heteroatoms. The van der Waals surface area contributed by atoms with Crippen LogP contribution in [0.5, 0.6) is 5.75 Å². The Labute approximate surface area is 132 Å². The maximum absolute atomic E-state index is 12.3. The molecule has 3 aromatic rings. The molecule has 23 heavy (non-hydrogen) atoms. The fraction of sp³-hybridized carbons (Fsp3) is 0.0714. The monoisotopic (exact) mass is 336 g/mol. The molecule has 0 bridgehead atoms. The Morgan fingerprint density at radius 1 is 1.13 bits per heavy atom. The molecule has 2 heterocycles. The fourth-order valence-electron chi connectivity index (χ4n) is 1.95. The molecule has 0 aliphatic rings. The Kier molecular flexibility index (Phi) is 3.75. The lowest BCUT2D eigenvalue weighted by atomic mass is 10.2. The average molecular weight is 336 g/mol. The number of aromatic nitrogens is 3. The summed E-state index contributed by atoms with van der Waals surface area (Å²) in [5.74, 6) is -0.288. The van der Waals surface area contributed by atoms with E-state index >= 15 is 0 Å². The quantitative estimate of drug-likeness (QED) is 0.785. The number of nitrogens with zero attached hydrogens (tertiary/aromatic N) is 3. The van der Waals surface area contributed by atoms with Crippen molar-refractivity contribution in [2.45, 2.75) is 6.36 Å². The molecule has 1 aromatic carbocycles. The summed E-state index contributed by atoms with van der Waals surface area (Å²) in [6, 6.07) is 11.1. The molecular formula is C14H7F3N4OS. The molecule has 0 radical (unpaired) electrons. The van der Waals surface area contributed by atoms with Crippen molar-refractivity contribution in [3.8, 4) is 32.8 Å². The predicted octanol–water partition coefficient (Wildman–Crippen LogP) is 3.97. The zero-order chi connectivity index (χ0) is 16.4. The zero-order valence-corrected chi connectivity index (χ0v) is 12.1. The summed E-state index contributed by atoms with van der Waals surface area (Å²) in [7, 11) is 0. The molecule has 2 aromatic heterocycles. The number of hydrogen-bond acceptors (Lipinski definition) is 5. The first kappa shape index (κ1) is 15.1. The number of nitriles is 1. The number of thiophene rings is 1. The molecule has 0 atom stereocenters. The average Bonchev–Trinajstić information content (AvgIpc) is 3.14. The van der Waals surface area contributed by atoms with Crippen molar-refractivity contribution in [2.75, 3.05) is 0 Å². The van der Waals surface area contributed by atoms with Gasteiger partial charge in [-0.15, -0.1) is 29.6 Å². The largest absolute Gasteiger partial charge is 0.573 e. The van der Waals surface area contributed by atoms with Gasteiger partial charge in [-0.3, -0.25) is 0 Å². The van der Waals surface area contributed by atoms with Gasteiger partial charge in [0.1, 0.15) is 17.5 Å². The lowest BCUT2D eigenvalue weighted by molar-refractivity contribution is -0.274. The van der Waals surface area contributed by atoms with Crippen LogP contribution in [0.15, 0.2) is 36.4 Å². The van der Waals surface area contributed by atoms with E-state index in [1.807, 2.05) is 6.07 Å². The van der Waals surface area contributed by atoms with Crippen LogP contribution in [0.2, 0.25) is 0 Å². The van der Waals surface area contributed by atoms with E-state index in [1.54, 1.807) is 18.2 Å². The summed E-state index contributed by atoms with van der Waals surface area (Å²) in [5.41, 5.74) is 1.14. The van der Waals surface area contributed by atoms with Gasteiger partial charge in [0, 0.05) is 4.88 Å². The molecule has 0 unspecified atom stereocenters. The van der Waals surface area contributed by atoms with E-state index in [1.165, 1.54) is 29.5 Å². The van der Waals surface area contributed by atoms with Crippen molar-refractivity contribution >= 4 is 11.3 Å². The first-order valence-electron chi connectivity index (χ1n) is 6.23.